The maximum Gasteiger partial charge on any atom is 0.306 e. The van der Waals surface area contributed by atoms with Crippen LogP contribution in [0.2, 0.25) is 0 Å². The molecule has 458 valence electrons. The van der Waals surface area contributed by atoms with Gasteiger partial charge in [-0.15, -0.1) is 0 Å². The van der Waals surface area contributed by atoms with Gasteiger partial charge in [-0.3, -0.25) is 14.4 Å². The van der Waals surface area contributed by atoms with Crippen molar-refractivity contribution in [2.45, 2.75) is 297 Å². The normalized spacial score (nSPS) is 13.1. The van der Waals surface area contributed by atoms with E-state index in [4.69, 9.17) is 14.2 Å². The molecule has 0 aromatic carbocycles. The van der Waals surface area contributed by atoms with Gasteiger partial charge in [-0.25, -0.2) is 0 Å². The lowest BCUT2D eigenvalue weighted by atomic mass is 10.1. The van der Waals surface area contributed by atoms with Crippen molar-refractivity contribution >= 4 is 17.9 Å². The van der Waals surface area contributed by atoms with Gasteiger partial charge in [0.15, 0.2) is 6.10 Å². The molecular formula is C75H122O6. The van der Waals surface area contributed by atoms with Crippen LogP contribution in [0.15, 0.2) is 146 Å². The zero-order valence-electron chi connectivity index (χ0n) is 52.5. The van der Waals surface area contributed by atoms with E-state index in [-0.39, 0.29) is 31.1 Å². The van der Waals surface area contributed by atoms with E-state index in [1.807, 2.05) is 0 Å². The molecular weight excluding hydrogens is 997 g/mol. The standard InChI is InChI=1S/C75H122O6/c1-4-7-10-13-16-19-22-25-28-31-33-35-37-39-41-44-47-50-53-56-59-62-65-68-74(77)80-71-72(70-79-73(76)67-64-61-58-55-52-49-46-43-30-27-24-21-18-15-12-9-6-3)81-75(78)69-66-63-60-57-54-51-48-45-42-40-38-36-34-32-29-26-23-20-17-14-11-8-5-2/h7-8,10-11,16-21,25-30,33-36,39-42,72H,4-6,9,12-15,22-24,31-32,37-38,43-71H2,1-3H3/b10-7-,11-8-,19-16-,20-17-,21-18-,28-25-,29-26-,30-27-,35-33-,36-34-,41-39-,42-40-. The largest absolute Gasteiger partial charge is 0.462 e. The molecule has 0 saturated carbocycles. The Morgan fingerprint density at radius 1 is 0.259 bits per heavy atom. The van der Waals surface area contributed by atoms with Gasteiger partial charge in [-0.1, -0.05) is 276 Å². The third kappa shape index (κ3) is 66.0. The average molecular weight is 1120 g/mol. The van der Waals surface area contributed by atoms with Gasteiger partial charge < -0.3 is 14.2 Å². The third-order valence-electron chi connectivity index (χ3n) is 13.8. The first-order chi connectivity index (χ1) is 40.0. The molecule has 0 N–H and O–H groups in total. The van der Waals surface area contributed by atoms with Gasteiger partial charge in [0, 0.05) is 19.3 Å². The monoisotopic (exact) mass is 1120 g/mol. The van der Waals surface area contributed by atoms with Crippen molar-refractivity contribution in [2.75, 3.05) is 13.2 Å². The molecule has 0 rings (SSSR count). The van der Waals surface area contributed by atoms with Gasteiger partial charge in [-0.2, -0.15) is 0 Å². The number of hydrogen-bond donors (Lipinski definition) is 0. The molecule has 0 heterocycles. The van der Waals surface area contributed by atoms with Crippen LogP contribution < -0.4 is 0 Å². The number of rotatable bonds is 59. The lowest BCUT2D eigenvalue weighted by molar-refractivity contribution is -0.167. The van der Waals surface area contributed by atoms with E-state index in [9.17, 15) is 14.4 Å². The summed E-state index contributed by atoms with van der Waals surface area (Å²) in [6, 6.07) is 0. The molecule has 0 saturated heterocycles. The van der Waals surface area contributed by atoms with Crippen LogP contribution in [0.1, 0.15) is 290 Å². The molecule has 0 aliphatic heterocycles. The first-order valence-electron chi connectivity index (χ1n) is 33.3. The Bertz CT molecular complexity index is 1760. The number of carbonyl (C=O) groups is 3. The summed E-state index contributed by atoms with van der Waals surface area (Å²) < 4.78 is 17.0. The first-order valence-corrected chi connectivity index (χ1v) is 33.3. The van der Waals surface area contributed by atoms with Crippen LogP contribution >= 0.6 is 0 Å². The van der Waals surface area contributed by atoms with Crippen molar-refractivity contribution in [3.8, 4) is 0 Å². The maximum atomic E-state index is 13.0. The lowest BCUT2D eigenvalue weighted by Crippen LogP contribution is -2.30. The van der Waals surface area contributed by atoms with Gasteiger partial charge in [0.05, 0.1) is 0 Å². The Labute approximate surface area is 499 Å². The van der Waals surface area contributed by atoms with Crippen LogP contribution in [0.4, 0.5) is 0 Å². The second-order valence-corrected chi connectivity index (χ2v) is 21.6. The van der Waals surface area contributed by atoms with Crippen molar-refractivity contribution in [3.05, 3.63) is 146 Å². The van der Waals surface area contributed by atoms with E-state index >= 15 is 0 Å². The Hall–Kier alpha value is -4.71. The molecule has 1 atom stereocenters. The third-order valence-corrected chi connectivity index (χ3v) is 13.8. The molecule has 0 aromatic rings. The van der Waals surface area contributed by atoms with Gasteiger partial charge in [-0.05, 0) is 141 Å². The summed E-state index contributed by atoms with van der Waals surface area (Å²) in [6.07, 6.45) is 97.0. The van der Waals surface area contributed by atoms with Gasteiger partial charge in [0.25, 0.3) is 0 Å². The summed E-state index contributed by atoms with van der Waals surface area (Å²) in [4.78, 5) is 38.4. The molecule has 0 radical (unpaired) electrons. The molecule has 6 nitrogen and oxygen atoms in total. The number of hydrogen-bond acceptors (Lipinski definition) is 6. The highest BCUT2D eigenvalue weighted by Crippen LogP contribution is 2.15. The predicted octanol–water partition coefficient (Wildman–Crippen LogP) is 23.1. The zero-order chi connectivity index (χ0) is 58.5. The van der Waals surface area contributed by atoms with E-state index in [0.717, 1.165) is 154 Å². The highest BCUT2D eigenvalue weighted by Gasteiger charge is 2.19. The maximum absolute atomic E-state index is 13.0. The van der Waals surface area contributed by atoms with Gasteiger partial charge in [0.1, 0.15) is 13.2 Å². The number of unbranched alkanes of at least 4 members (excludes halogenated alkanes) is 24. The number of allylic oxidation sites excluding steroid dienone is 24. The van der Waals surface area contributed by atoms with Crippen LogP contribution in [0.3, 0.4) is 0 Å². The fraction of sp³-hybridized carbons (Fsp3) is 0.640. The minimum Gasteiger partial charge on any atom is -0.462 e. The molecule has 0 aliphatic carbocycles. The van der Waals surface area contributed by atoms with Crippen LogP contribution in [0.25, 0.3) is 0 Å². The van der Waals surface area contributed by atoms with E-state index in [2.05, 4.69) is 167 Å². The summed E-state index contributed by atoms with van der Waals surface area (Å²) >= 11 is 0. The molecule has 81 heavy (non-hydrogen) atoms. The summed E-state index contributed by atoms with van der Waals surface area (Å²) in [5.74, 6) is -0.921. The van der Waals surface area contributed by atoms with Crippen molar-refractivity contribution in [2.24, 2.45) is 0 Å². The Balaban J connectivity index is 4.46. The number of carbonyl (C=O) groups excluding carboxylic acids is 3. The average Bonchev–Trinajstić information content (AvgIpc) is 3.47. The number of ether oxygens (including phenoxy) is 3. The van der Waals surface area contributed by atoms with Gasteiger partial charge in [0.2, 0.25) is 0 Å². The molecule has 0 aromatic heterocycles. The quantitative estimate of drug-likeness (QED) is 0.0261. The molecule has 0 aliphatic rings. The number of esters is 3. The van der Waals surface area contributed by atoms with Crippen molar-refractivity contribution in [3.63, 3.8) is 0 Å². The Morgan fingerprint density at radius 2 is 0.481 bits per heavy atom. The summed E-state index contributed by atoms with van der Waals surface area (Å²) in [6.45, 7) is 6.38. The summed E-state index contributed by atoms with van der Waals surface area (Å²) in [5.41, 5.74) is 0. The highest BCUT2D eigenvalue weighted by atomic mass is 16.6. The zero-order valence-corrected chi connectivity index (χ0v) is 52.5. The van der Waals surface area contributed by atoms with Crippen LogP contribution in [-0.2, 0) is 28.6 Å². The molecule has 0 bridgehead atoms. The van der Waals surface area contributed by atoms with E-state index in [0.29, 0.717) is 19.3 Å². The second kappa shape index (κ2) is 67.8. The first kappa shape index (κ1) is 76.3. The Morgan fingerprint density at radius 3 is 0.753 bits per heavy atom. The molecule has 1 unspecified atom stereocenters. The molecule has 6 heteroatoms. The SMILES string of the molecule is CC/C=C\C/C=C\C/C=C\C/C=C\C/C=C\CCCCCCCCCC(=O)OCC(COC(=O)CCCCCCCCC/C=C\C/C=C\CCCCC)OC(=O)CCCCCCCCC/C=C\C/C=C\C/C=C\C/C=C\C/C=C\CC. The van der Waals surface area contributed by atoms with Crippen LogP contribution in [0.5, 0.6) is 0 Å². The summed E-state index contributed by atoms with van der Waals surface area (Å²) in [7, 11) is 0. The molecule has 0 amide bonds. The predicted molar refractivity (Wildman–Crippen MR) is 352 cm³/mol. The second-order valence-electron chi connectivity index (χ2n) is 21.6. The topological polar surface area (TPSA) is 78.9 Å². The van der Waals surface area contributed by atoms with E-state index in [1.165, 1.54) is 96.3 Å². The van der Waals surface area contributed by atoms with Crippen molar-refractivity contribution in [1.29, 1.82) is 0 Å². The highest BCUT2D eigenvalue weighted by molar-refractivity contribution is 5.71. The smallest absolute Gasteiger partial charge is 0.306 e. The van der Waals surface area contributed by atoms with Crippen molar-refractivity contribution < 1.29 is 28.6 Å². The van der Waals surface area contributed by atoms with Crippen LogP contribution in [-0.4, -0.2) is 37.2 Å². The van der Waals surface area contributed by atoms with E-state index in [1.54, 1.807) is 0 Å². The lowest BCUT2D eigenvalue weighted by Gasteiger charge is -2.18. The fourth-order valence-electron chi connectivity index (χ4n) is 8.88. The minimum absolute atomic E-state index is 0.0950. The molecule has 0 spiro atoms. The fourth-order valence-corrected chi connectivity index (χ4v) is 8.88. The van der Waals surface area contributed by atoms with E-state index < -0.39 is 6.10 Å². The Kier molecular flexibility index (Phi) is 63.9. The van der Waals surface area contributed by atoms with Crippen LogP contribution in [0, 0.1) is 0 Å². The minimum atomic E-state index is -0.801. The summed E-state index contributed by atoms with van der Waals surface area (Å²) in [5, 5.41) is 0. The van der Waals surface area contributed by atoms with Crippen molar-refractivity contribution in [1.82, 2.24) is 0 Å². The molecule has 0 fully saturated rings. The van der Waals surface area contributed by atoms with Gasteiger partial charge >= 0.3 is 17.9 Å².